The molecule has 16 heteroatoms. The van der Waals surface area contributed by atoms with Crippen LogP contribution in [0.25, 0.3) is 0 Å². The van der Waals surface area contributed by atoms with E-state index in [0.29, 0.717) is 72.4 Å². The fraction of sp³-hybridized carbons (Fsp3) is 0.478. The van der Waals surface area contributed by atoms with Gasteiger partial charge in [0, 0.05) is 0 Å². The van der Waals surface area contributed by atoms with Gasteiger partial charge in [0.15, 0.2) is 92.0 Å². The third-order valence-corrected chi connectivity index (χ3v) is 16.9. The van der Waals surface area contributed by atoms with Crippen molar-refractivity contribution < 1.29 is 78.7 Å². The molecule has 8 rings (SSSR count). The van der Waals surface area contributed by atoms with Crippen molar-refractivity contribution >= 4 is 0 Å². The Bertz CT molecular complexity index is 3630. The van der Waals surface area contributed by atoms with Crippen LogP contribution in [0.1, 0.15) is 231 Å². The molecule has 0 spiro atoms. The number of rotatable bonds is 40. The molecule has 0 heterocycles. The quantitative estimate of drug-likeness (QED) is 0.0167. The van der Waals surface area contributed by atoms with Gasteiger partial charge in [0.05, 0.1) is 38.6 Å². The van der Waals surface area contributed by atoms with E-state index in [4.69, 9.17) is 37.9 Å². The number of unbranched alkanes of at least 4 members (excludes halogenated alkanes) is 6. The van der Waals surface area contributed by atoms with Gasteiger partial charge in [-0.25, -0.2) is 0 Å². The van der Waals surface area contributed by atoms with Gasteiger partial charge in [0.1, 0.15) is 11.2 Å². The molecule has 8 aromatic carbocycles. The minimum Gasteiger partial charge on any atom is -0.504 e. The molecule has 0 aliphatic rings. The molecule has 0 saturated carbocycles. The second-order valence-electron chi connectivity index (χ2n) is 30.1. The fourth-order valence-electron chi connectivity index (χ4n) is 11.5. The number of aryl methyl sites for hydroxylation is 8. The Morgan fingerprint density at radius 3 is 0.593 bits per heavy atom. The molecule has 0 aliphatic heterocycles. The first-order chi connectivity index (χ1) is 51.5. The first kappa shape index (κ1) is 89.2. The van der Waals surface area contributed by atoms with Gasteiger partial charge in [-0.15, -0.1) is 0 Å². The van der Waals surface area contributed by atoms with E-state index in [1.807, 2.05) is 180 Å². The van der Waals surface area contributed by atoms with Gasteiger partial charge in [0.25, 0.3) is 0 Å². The molecule has 0 aliphatic carbocycles. The largest absolute Gasteiger partial charge is 0.504 e. The van der Waals surface area contributed by atoms with E-state index in [-0.39, 0.29) is 69.4 Å². The van der Waals surface area contributed by atoms with Gasteiger partial charge in [-0.2, -0.15) is 0 Å². The van der Waals surface area contributed by atoms with Crippen molar-refractivity contribution in [2.24, 2.45) is 0 Å². The van der Waals surface area contributed by atoms with E-state index in [9.17, 15) is 40.9 Å². The molecule has 0 radical (unpaired) electrons. The molecule has 0 atom stereocenters. The van der Waals surface area contributed by atoms with E-state index in [1.54, 1.807) is 48.5 Å². The molecule has 592 valence electrons. The third-order valence-electron chi connectivity index (χ3n) is 16.9. The van der Waals surface area contributed by atoms with Crippen molar-refractivity contribution in [3.05, 3.63) is 190 Å². The number of ether oxygens (including phenoxy) is 8. The van der Waals surface area contributed by atoms with Gasteiger partial charge in [-0.05, 0) is 339 Å². The molecule has 0 aromatic heterocycles. The normalized spacial score (nSPS) is 11.2. The lowest BCUT2D eigenvalue weighted by Gasteiger charge is -2.22. The zero-order chi connectivity index (χ0) is 79.0. The minimum atomic E-state index is -0.335. The average Bonchev–Trinajstić information content (AvgIpc) is 0.880. The van der Waals surface area contributed by atoms with E-state index in [0.717, 1.165) is 186 Å². The number of hydrogen-bond donors (Lipinski definition) is 8. The lowest BCUT2D eigenvalue weighted by Crippen LogP contribution is -2.23. The Morgan fingerprint density at radius 2 is 0.426 bits per heavy atom. The van der Waals surface area contributed by atoms with Crippen molar-refractivity contribution in [3.8, 4) is 92.0 Å². The maximum absolute atomic E-state index is 10.2. The zero-order valence-electron chi connectivity index (χ0n) is 67.2. The van der Waals surface area contributed by atoms with Crippen molar-refractivity contribution in [2.75, 3.05) is 26.4 Å². The number of aromatic hydroxyl groups is 8. The van der Waals surface area contributed by atoms with Gasteiger partial charge in [0.2, 0.25) is 0 Å². The van der Waals surface area contributed by atoms with Crippen LogP contribution in [-0.2, 0) is 51.4 Å². The number of hydrogen-bond acceptors (Lipinski definition) is 16. The van der Waals surface area contributed by atoms with Crippen LogP contribution in [0.4, 0.5) is 0 Å². The molecular weight excluding hydrogens is 1360 g/mol. The second kappa shape index (κ2) is 47.4. The van der Waals surface area contributed by atoms with Crippen LogP contribution in [0.15, 0.2) is 146 Å². The molecular formula is C92H128O16. The topological polar surface area (TPSA) is 236 Å². The Morgan fingerprint density at radius 1 is 0.241 bits per heavy atom. The predicted molar refractivity (Wildman–Crippen MR) is 436 cm³/mol. The van der Waals surface area contributed by atoms with Crippen LogP contribution in [-0.4, -0.2) is 90.7 Å². The summed E-state index contributed by atoms with van der Waals surface area (Å²) in [5.41, 5.74) is 8.16. The summed E-state index contributed by atoms with van der Waals surface area (Å²) in [6.07, 6.45) is 21.4. The predicted octanol–water partition coefficient (Wildman–Crippen LogP) is 22.5. The number of benzene rings is 8. The van der Waals surface area contributed by atoms with Gasteiger partial charge in [-0.3, -0.25) is 0 Å². The van der Waals surface area contributed by atoms with Crippen LogP contribution in [0.5, 0.6) is 92.0 Å². The maximum atomic E-state index is 10.2. The van der Waals surface area contributed by atoms with Crippen molar-refractivity contribution in [1.82, 2.24) is 0 Å². The summed E-state index contributed by atoms with van der Waals surface area (Å²) in [5, 5.41) is 80.6. The molecule has 108 heavy (non-hydrogen) atoms. The smallest absolute Gasteiger partial charge is 0.161 e. The number of phenolic OH excluding ortho intramolecular Hbond substituents is 8. The highest BCUT2D eigenvalue weighted by Gasteiger charge is 2.18. The first-order valence-electron chi connectivity index (χ1n) is 39.3. The van der Waals surface area contributed by atoms with E-state index >= 15 is 0 Å². The van der Waals surface area contributed by atoms with E-state index in [1.165, 1.54) is 0 Å². The molecule has 8 N–H and O–H groups in total. The Hall–Kier alpha value is -9.44. The lowest BCUT2D eigenvalue weighted by atomic mass is 10.0. The van der Waals surface area contributed by atoms with Crippen LogP contribution in [0, 0.1) is 0 Å². The monoisotopic (exact) mass is 1490 g/mol. The third kappa shape index (κ3) is 35.1. The van der Waals surface area contributed by atoms with Crippen LogP contribution >= 0.6 is 0 Å². The summed E-state index contributed by atoms with van der Waals surface area (Å²) in [6, 6.07) is 45.1. The van der Waals surface area contributed by atoms with Crippen LogP contribution < -0.4 is 37.9 Å². The van der Waals surface area contributed by atoms with Gasteiger partial charge >= 0.3 is 0 Å². The first-order valence-corrected chi connectivity index (χ1v) is 39.3. The van der Waals surface area contributed by atoms with Crippen molar-refractivity contribution in [3.63, 3.8) is 0 Å². The summed E-state index contributed by atoms with van der Waals surface area (Å²) < 4.78 is 44.7. The summed E-state index contributed by atoms with van der Waals surface area (Å²) in [5.74, 6) is 5.96. The van der Waals surface area contributed by atoms with Gasteiger partial charge in [-0.1, -0.05) is 89.1 Å². The highest BCUT2D eigenvalue weighted by molar-refractivity contribution is 5.48. The summed E-state index contributed by atoms with van der Waals surface area (Å²) in [7, 11) is 0. The molecule has 8 aromatic rings. The molecule has 0 saturated heterocycles. The number of phenols is 8. The van der Waals surface area contributed by atoms with Gasteiger partial charge < -0.3 is 78.7 Å². The Kier molecular flexibility index (Phi) is 39.1. The zero-order valence-corrected chi connectivity index (χ0v) is 67.2. The maximum Gasteiger partial charge on any atom is 0.161 e. The van der Waals surface area contributed by atoms with Crippen molar-refractivity contribution in [2.45, 2.75) is 262 Å². The molecule has 0 amide bonds. The fourth-order valence-corrected chi connectivity index (χ4v) is 11.5. The van der Waals surface area contributed by atoms with Crippen LogP contribution in [0.3, 0.4) is 0 Å². The van der Waals surface area contributed by atoms with E-state index < -0.39 is 0 Å². The van der Waals surface area contributed by atoms with Crippen LogP contribution in [0.2, 0.25) is 0 Å². The molecule has 0 unspecified atom stereocenters. The summed E-state index contributed by atoms with van der Waals surface area (Å²) in [4.78, 5) is 0. The average molecular weight is 1490 g/mol. The highest BCUT2D eigenvalue weighted by atomic mass is 16.5. The highest BCUT2D eigenvalue weighted by Crippen LogP contribution is 2.36. The minimum absolute atomic E-state index is 0.0421. The Labute approximate surface area is 645 Å². The van der Waals surface area contributed by atoms with Crippen molar-refractivity contribution in [1.29, 1.82) is 0 Å². The summed E-state index contributed by atoms with van der Waals surface area (Å²) in [6.45, 7) is 30.3. The lowest BCUT2D eigenvalue weighted by molar-refractivity contribution is 0.125. The van der Waals surface area contributed by atoms with E-state index in [2.05, 4.69) is 13.8 Å². The second-order valence-corrected chi connectivity index (χ2v) is 30.1. The summed E-state index contributed by atoms with van der Waals surface area (Å²) >= 11 is 0. The molecule has 0 bridgehead atoms. The SMILES string of the molecule is CC(C)(C)Oc1ccc(CCCCc2ccc(OC(C)(C)C)c(O)c2)cc1O.CC(C)Oc1ccc(CCCCc2ccc(OC(C)C)c(O)c2)cc1O.CCCCOc1ccc(CCCCc2ccc(OCCCC)c(O)c2)cc1O.CCCOc1ccc(CCCCc2ccc(OCCC)c(O)c2)cc1O. The standard InChI is InChI=1S/2C24H34O4.2C22H30O4/c1-23(2,3)27-21-13-11-17(15-19(21)25)9-7-8-10-18-12-14-22(20(26)16-18)28-24(4,5)6;1-3-5-15-27-23-13-11-19(17-21(23)25)9-7-8-10-20-12-14-24(22(26)18-20)28-16-6-4-2;1-15(2)25-21-11-9-17(13-19(21)23)7-5-6-8-18-10-12-22(20(24)14-18)26-16(3)4;1-3-13-25-21-11-9-17(15-19(21)23)7-5-6-8-18-10-12-22(20(24)16-18)26-14-4-2/h11-16,25-26H,7-10H2,1-6H3;11-14,17-18,25-26H,3-10,15-16H2,1-2H3;9-16,23-24H,5-8H2,1-4H3;9-12,15-16,23-24H,3-8,13-14H2,1-2H3. The molecule has 16 nitrogen and oxygen atoms in total. The Balaban J connectivity index is 0.000000258. The molecule has 0 fully saturated rings.